The van der Waals surface area contributed by atoms with E-state index in [2.05, 4.69) is 20.6 Å². The Kier molecular flexibility index (Phi) is 8.39. The predicted octanol–water partition coefficient (Wildman–Crippen LogP) is -1.15. The normalized spacial score (nSPS) is 14.2. The van der Waals surface area contributed by atoms with Gasteiger partial charge in [0.05, 0.1) is 18.8 Å². The van der Waals surface area contributed by atoms with Crippen LogP contribution in [0.15, 0.2) is 12.5 Å². The van der Waals surface area contributed by atoms with Crippen LogP contribution < -0.4 is 16.4 Å². The number of nitrogens with two attached hydrogens (primary N) is 1. The molecule has 1 heterocycles. The van der Waals surface area contributed by atoms with Crippen molar-refractivity contribution in [1.29, 1.82) is 0 Å². The van der Waals surface area contributed by atoms with E-state index in [4.69, 9.17) is 10.8 Å². The van der Waals surface area contributed by atoms with Gasteiger partial charge in [0.15, 0.2) is 0 Å². The molecule has 0 aliphatic carbocycles. The maximum absolute atomic E-state index is 12.6. The lowest BCUT2D eigenvalue weighted by molar-refractivity contribution is -0.143. The zero-order chi connectivity index (χ0) is 20.6. The summed E-state index contributed by atoms with van der Waals surface area (Å²) >= 11 is 0. The second-order valence-corrected chi connectivity index (χ2v) is 6.58. The number of carboxylic acids is 2. The van der Waals surface area contributed by atoms with Gasteiger partial charge < -0.3 is 31.6 Å². The van der Waals surface area contributed by atoms with Gasteiger partial charge in [0, 0.05) is 18.3 Å². The van der Waals surface area contributed by atoms with E-state index < -0.39 is 48.3 Å². The summed E-state index contributed by atoms with van der Waals surface area (Å²) in [5.74, 6) is -3.96. The monoisotopic (exact) mass is 383 g/mol. The third-order valence-electron chi connectivity index (χ3n) is 3.66. The lowest BCUT2D eigenvalue weighted by Crippen LogP contribution is -2.55. The van der Waals surface area contributed by atoms with Crippen LogP contribution in [0.5, 0.6) is 0 Å². The molecular formula is C16H25N5O6. The van der Waals surface area contributed by atoms with E-state index in [9.17, 15) is 24.3 Å². The maximum Gasteiger partial charge on any atom is 0.326 e. The Balaban J connectivity index is 2.89. The Morgan fingerprint density at radius 1 is 1.15 bits per heavy atom. The Morgan fingerprint density at radius 3 is 2.26 bits per heavy atom. The number of carbonyl (C=O) groups excluding carboxylic acids is 2. The van der Waals surface area contributed by atoms with Crippen LogP contribution in [0.4, 0.5) is 0 Å². The first-order valence-corrected chi connectivity index (χ1v) is 8.38. The van der Waals surface area contributed by atoms with Crippen molar-refractivity contribution in [1.82, 2.24) is 20.6 Å². The van der Waals surface area contributed by atoms with Gasteiger partial charge in [0.25, 0.3) is 0 Å². The van der Waals surface area contributed by atoms with Crippen LogP contribution >= 0.6 is 0 Å². The molecule has 1 aromatic heterocycles. The third kappa shape index (κ3) is 7.86. The summed E-state index contributed by atoms with van der Waals surface area (Å²) in [7, 11) is 0. The number of nitrogens with zero attached hydrogens (tertiary/aromatic N) is 1. The number of hydrogen-bond donors (Lipinski definition) is 6. The number of aromatic nitrogens is 2. The number of imidazole rings is 1. The molecule has 0 bridgehead atoms. The molecule has 0 aromatic carbocycles. The number of carbonyl (C=O) groups is 4. The number of nitrogens with one attached hydrogen (secondary N) is 3. The largest absolute Gasteiger partial charge is 0.481 e. The van der Waals surface area contributed by atoms with Crippen LogP contribution in [-0.4, -0.2) is 62.1 Å². The van der Waals surface area contributed by atoms with Crippen molar-refractivity contribution in [2.24, 2.45) is 11.7 Å². The molecule has 27 heavy (non-hydrogen) atoms. The topological polar surface area (TPSA) is 187 Å². The van der Waals surface area contributed by atoms with Gasteiger partial charge in [0.1, 0.15) is 12.1 Å². The van der Waals surface area contributed by atoms with E-state index in [1.807, 2.05) is 13.8 Å². The summed E-state index contributed by atoms with van der Waals surface area (Å²) in [4.78, 5) is 53.3. The van der Waals surface area contributed by atoms with Crippen LogP contribution in [0.25, 0.3) is 0 Å². The molecule has 0 unspecified atom stereocenters. The summed E-state index contributed by atoms with van der Waals surface area (Å²) in [6.45, 7) is 3.63. The molecule has 2 amide bonds. The zero-order valence-corrected chi connectivity index (χ0v) is 15.1. The highest BCUT2D eigenvalue weighted by Gasteiger charge is 2.29. The molecule has 7 N–H and O–H groups in total. The Hall–Kier alpha value is -2.95. The van der Waals surface area contributed by atoms with Crippen molar-refractivity contribution >= 4 is 23.8 Å². The number of aliphatic carboxylic acids is 2. The van der Waals surface area contributed by atoms with Crippen LogP contribution in [0.3, 0.4) is 0 Å². The van der Waals surface area contributed by atoms with E-state index in [1.165, 1.54) is 12.5 Å². The number of H-pyrrole nitrogens is 1. The molecule has 1 rings (SSSR count). The molecule has 0 fully saturated rings. The molecule has 0 radical (unpaired) electrons. The zero-order valence-electron chi connectivity index (χ0n) is 15.1. The van der Waals surface area contributed by atoms with Crippen LogP contribution in [0.1, 0.15) is 32.4 Å². The average Bonchev–Trinajstić information content (AvgIpc) is 3.05. The number of aromatic amines is 1. The van der Waals surface area contributed by atoms with Gasteiger partial charge in [-0.2, -0.15) is 0 Å². The predicted molar refractivity (Wildman–Crippen MR) is 93.5 cm³/mol. The van der Waals surface area contributed by atoms with Crippen molar-refractivity contribution in [3.05, 3.63) is 18.2 Å². The summed E-state index contributed by atoms with van der Waals surface area (Å²) in [6.07, 6.45) is 2.46. The number of rotatable bonds is 11. The Bertz CT molecular complexity index is 660. The molecule has 11 nitrogen and oxygen atoms in total. The second kappa shape index (κ2) is 10.3. The standard InChI is InChI=1S/C16H25N5O6/c1-8(2)3-12(16(26)27)21-15(25)11(4-9-6-18-7-19-9)20-14(24)10(17)5-13(22)23/h6-8,10-12H,3-5,17H2,1-2H3,(H,18,19)(H,20,24)(H,21,25)(H,22,23)(H,26,27)/t10-,11-,12-/m0/s1. The fraction of sp³-hybridized carbons (Fsp3) is 0.562. The highest BCUT2D eigenvalue weighted by Crippen LogP contribution is 2.07. The quantitative estimate of drug-likeness (QED) is 0.276. The molecule has 1 aromatic rings. The van der Waals surface area contributed by atoms with E-state index in [1.54, 1.807) is 0 Å². The highest BCUT2D eigenvalue weighted by molar-refractivity contribution is 5.93. The minimum absolute atomic E-state index is 0.00534. The molecule has 0 spiro atoms. The molecular weight excluding hydrogens is 358 g/mol. The Morgan fingerprint density at radius 2 is 1.78 bits per heavy atom. The first kappa shape index (κ1) is 22.1. The SMILES string of the molecule is CC(C)C[C@H](NC(=O)[C@H](Cc1cnc[nH]1)NC(=O)[C@@H](N)CC(=O)O)C(=O)O. The van der Waals surface area contributed by atoms with Gasteiger partial charge in [-0.05, 0) is 12.3 Å². The fourth-order valence-electron chi connectivity index (χ4n) is 2.35. The molecule has 150 valence electrons. The molecule has 0 saturated carbocycles. The lowest BCUT2D eigenvalue weighted by Gasteiger charge is -2.23. The minimum Gasteiger partial charge on any atom is -0.481 e. The van der Waals surface area contributed by atoms with Crippen molar-refractivity contribution in [2.75, 3.05) is 0 Å². The van der Waals surface area contributed by atoms with Gasteiger partial charge in [-0.1, -0.05) is 13.8 Å². The Labute approximate surface area is 155 Å². The second-order valence-electron chi connectivity index (χ2n) is 6.58. The fourth-order valence-corrected chi connectivity index (χ4v) is 2.35. The van der Waals surface area contributed by atoms with Crippen LogP contribution in [0, 0.1) is 5.92 Å². The highest BCUT2D eigenvalue weighted by atomic mass is 16.4. The summed E-state index contributed by atoms with van der Waals surface area (Å²) in [5.41, 5.74) is 6.04. The van der Waals surface area contributed by atoms with Crippen molar-refractivity contribution in [3.63, 3.8) is 0 Å². The first-order valence-electron chi connectivity index (χ1n) is 8.38. The summed E-state index contributed by atoms with van der Waals surface area (Å²) in [6, 6.07) is -3.61. The third-order valence-corrected chi connectivity index (χ3v) is 3.66. The summed E-state index contributed by atoms with van der Waals surface area (Å²) < 4.78 is 0. The van der Waals surface area contributed by atoms with Gasteiger partial charge in [0.2, 0.25) is 11.8 Å². The molecule has 3 atom stereocenters. The van der Waals surface area contributed by atoms with Crippen molar-refractivity contribution in [2.45, 2.75) is 51.2 Å². The number of hydrogen-bond acceptors (Lipinski definition) is 6. The van der Waals surface area contributed by atoms with Gasteiger partial charge in [-0.3, -0.25) is 14.4 Å². The molecule has 0 aliphatic rings. The number of amides is 2. The first-order chi connectivity index (χ1) is 12.6. The smallest absolute Gasteiger partial charge is 0.326 e. The molecule has 0 aliphatic heterocycles. The maximum atomic E-state index is 12.6. The van der Waals surface area contributed by atoms with Gasteiger partial charge in [-0.15, -0.1) is 0 Å². The molecule has 11 heteroatoms. The van der Waals surface area contributed by atoms with Crippen LogP contribution in [0.2, 0.25) is 0 Å². The van der Waals surface area contributed by atoms with Crippen molar-refractivity contribution < 1.29 is 29.4 Å². The van der Waals surface area contributed by atoms with Crippen molar-refractivity contribution in [3.8, 4) is 0 Å². The van der Waals surface area contributed by atoms with E-state index in [0.717, 1.165) is 0 Å². The van der Waals surface area contributed by atoms with E-state index in [0.29, 0.717) is 5.69 Å². The van der Waals surface area contributed by atoms with E-state index >= 15 is 0 Å². The van der Waals surface area contributed by atoms with Gasteiger partial charge in [-0.25, -0.2) is 9.78 Å². The van der Waals surface area contributed by atoms with Gasteiger partial charge >= 0.3 is 11.9 Å². The average molecular weight is 383 g/mol. The van der Waals surface area contributed by atoms with E-state index in [-0.39, 0.29) is 18.8 Å². The minimum atomic E-state index is -1.34. The lowest BCUT2D eigenvalue weighted by atomic mass is 10.0. The summed E-state index contributed by atoms with van der Waals surface area (Å²) in [5, 5.41) is 22.8. The molecule has 0 saturated heterocycles. The van der Waals surface area contributed by atoms with Crippen LogP contribution in [-0.2, 0) is 25.6 Å². The number of carboxylic acid groups (broad SMARTS) is 2.